The molecule has 0 radical (unpaired) electrons. The molecule has 0 N–H and O–H groups in total. The van der Waals surface area contributed by atoms with Gasteiger partial charge >= 0.3 is 0 Å². The minimum atomic E-state index is 0.384. The van der Waals surface area contributed by atoms with E-state index in [1.54, 1.807) is 0 Å². The fraction of sp³-hybridized carbons (Fsp3) is 0.538. The van der Waals surface area contributed by atoms with Crippen molar-refractivity contribution in [3.8, 4) is 5.75 Å². The number of rotatable bonds is 6. The second-order valence-electron chi connectivity index (χ2n) is 9.05. The summed E-state index contributed by atoms with van der Waals surface area (Å²) in [5.74, 6) is 3.67. The molecule has 2 aromatic rings. The van der Waals surface area contributed by atoms with Gasteiger partial charge in [0, 0.05) is 50.1 Å². The highest BCUT2D eigenvalue weighted by atomic mass is 32.2. The second kappa shape index (κ2) is 10.4. The number of hydrogen-bond donors (Lipinski definition) is 0. The molecule has 2 saturated heterocycles. The van der Waals surface area contributed by atoms with Crippen molar-refractivity contribution in [1.82, 2.24) is 9.80 Å². The van der Waals surface area contributed by atoms with Crippen LogP contribution < -0.4 is 4.74 Å². The van der Waals surface area contributed by atoms with Crippen LogP contribution in [0.1, 0.15) is 36.0 Å². The third kappa shape index (κ3) is 5.64. The molecular weight excluding hydrogens is 404 g/mol. The summed E-state index contributed by atoms with van der Waals surface area (Å²) in [7, 11) is 0. The first-order chi connectivity index (χ1) is 15.3. The van der Waals surface area contributed by atoms with E-state index in [1.165, 1.54) is 34.6 Å². The Morgan fingerprint density at radius 2 is 1.84 bits per heavy atom. The number of fused-ring (bicyclic) bond motifs is 1. The van der Waals surface area contributed by atoms with Gasteiger partial charge in [0.05, 0.1) is 12.7 Å². The van der Waals surface area contributed by atoms with E-state index in [1.807, 2.05) is 0 Å². The molecule has 0 bridgehead atoms. The van der Waals surface area contributed by atoms with E-state index in [0.29, 0.717) is 6.10 Å². The van der Waals surface area contributed by atoms with Crippen LogP contribution in [-0.2, 0) is 24.4 Å². The average molecular weight is 439 g/mol. The Bertz CT molecular complexity index is 833. The van der Waals surface area contributed by atoms with E-state index in [9.17, 15) is 0 Å². The van der Waals surface area contributed by atoms with Crippen molar-refractivity contribution in [3.05, 3.63) is 65.2 Å². The molecule has 3 heterocycles. The van der Waals surface area contributed by atoms with Gasteiger partial charge in [-0.2, -0.15) is 11.8 Å². The number of hydrogen-bond acceptors (Lipinski definition) is 5. The Labute approximate surface area is 190 Å². The molecule has 4 nitrogen and oxygen atoms in total. The van der Waals surface area contributed by atoms with Crippen LogP contribution in [0.15, 0.2) is 48.5 Å². The minimum absolute atomic E-state index is 0.384. The molecular formula is C26H34N2O2S. The van der Waals surface area contributed by atoms with Gasteiger partial charge in [0.2, 0.25) is 0 Å². The van der Waals surface area contributed by atoms with Gasteiger partial charge in [0.15, 0.2) is 0 Å². The van der Waals surface area contributed by atoms with Crippen LogP contribution in [-0.4, -0.2) is 59.7 Å². The summed E-state index contributed by atoms with van der Waals surface area (Å²) in [4.78, 5) is 5.22. The molecule has 0 unspecified atom stereocenters. The van der Waals surface area contributed by atoms with Crippen molar-refractivity contribution in [2.75, 3.05) is 37.7 Å². The number of likely N-dealkylation sites (tertiary alicyclic amines) is 1. The summed E-state index contributed by atoms with van der Waals surface area (Å²) < 4.78 is 12.2. The zero-order chi connectivity index (χ0) is 20.9. The summed E-state index contributed by atoms with van der Waals surface area (Å²) >= 11 is 2.09. The summed E-state index contributed by atoms with van der Waals surface area (Å²) in [6.07, 6.45) is 3.94. The van der Waals surface area contributed by atoms with Crippen LogP contribution in [0, 0.1) is 0 Å². The predicted molar refractivity (Wildman–Crippen MR) is 128 cm³/mol. The van der Waals surface area contributed by atoms with Crippen LogP contribution in [0.5, 0.6) is 5.75 Å². The zero-order valence-electron chi connectivity index (χ0n) is 18.4. The number of thioether (sulfide) groups is 1. The van der Waals surface area contributed by atoms with E-state index in [-0.39, 0.29) is 0 Å². The molecule has 0 aliphatic carbocycles. The Morgan fingerprint density at radius 1 is 0.968 bits per heavy atom. The molecule has 5 rings (SSSR count). The highest BCUT2D eigenvalue weighted by Gasteiger charge is 2.26. The van der Waals surface area contributed by atoms with Crippen molar-refractivity contribution >= 4 is 11.8 Å². The third-order valence-electron chi connectivity index (χ3n) is 6.83. The van der Waals surface area contributed by atoms with Crippen LogP contribution in [0.25, 0.3) is 0 Å². The summed E-state index contributed by atoms with van der Waals surface area (Å²) in [5.41, 5.74) is 4.05. The zero-order valence-corrected chi connectivity index (χ0v) is 19.2. The number of ether oxygens (including phenoxy) is 2. The van der Waals surface area contributed by atoms with Crippen molar-refractivity contribution in [2.24, 2.45) is 0 Å². The monoisotopic (exact) mass is 438 g/mol. The highest BCUT2D eigenvalue weighted by molar-refractivity contribution is 7.99. The number of benzene rings is 2. The van der Waals surface area contributed by atoms with Gasteiger partial charge in [-0.3, -0.25) is 9.80 Å². The molecule has 3 aliphatic heterocycles. The molecule has 0 spiro atoms. The predicted octanol–water partition coefficient (Wildman–Crippen LogP) is 4.57. The fourth-order valence-corrected chi connectivity index (χ4v) is 6.22. The van der Waals surface area contributed by atoms with Gasteiger partial charge in [0.25, 0.3) is 0 Å². The lowest BCUT2D eigenvalue weighted by Crippen LogP contribution is -2.36. The van der Waals surface area contributed by atoms with Gasteiger partial charge in [-0.05, 0) is 48.3 Å². The van der Waals surface area contributed by atoms with Gasteiger partial charge in [0.1, 0.15) is 12.4 Å². The number of nitrogens with zero attached hydrogens (tertiary/aromatic N) is 2. The molecule has 5 heteroatoms. The van der Waals surface area contributed by atoms with Crippen molar-refractivity contribution < 1.29 is 9.47 Å². The Morgan fingerprint density at radius 3 is 2.65 bits per heavy atom. The first-order valence-corrected chi connectivity index (χ1v) is 12.9. The summed E-state index contributed by atoms with van der Waals surface area (Å²) in [6.45, 7) is 6.86. The van der Waals surface area contributed by atoms with Gasteiger partial charge in [-0.1, -0.05) is 36.4 Å². The van der Waals surface area contributed by atoms with E-state index < -0.39 is 0 Å². The molecule has 0 aromatic heterocycles. The van der Waals surface area contributed by atoms with E-state index in [0.717, 1.165) is 70.6 Å². The SMILES string of the molecule is c1ccc(COC2CCN(Cc3ccc4c(c3)CN([C@@H]3CCSC3)CCO4)CC2)cc1. The minimum Gasteiger partial charge on any atom is -0.492 e. The smallest absolute Gasteiger partial charge is 0.123 e. The van der Waals surface area contributed by atoms with Crippen LogP contribution >= 0.6 is 11.8 Å². The molecule has 1 atom stereocenters. The number of piperidine rings is 1. The topological polar surface area (TPSA) is 24.9 Å². The lowest BCUT2D eigenvalue weighted by Gasteiger charge is -2.32. The van der Waals surface area contributed by atoms with E-state index in [2.05, 4.69) is 70.1 Å². The molecule has 0 saturated carbocycles. The Kier molecular flexibility index (Phi) is 7.15. The maximum atomic E-state index is 6.17. The van der Waals surface area contributed by atoms with Gasteiger partial charge < -0.3 is 9.47 Å². The molecule has 166 valence electrons. The normalized spacial score (nSPS) is 23.3. The highest BCUT2D eigenvalue weighted by Crippen LogP contribution is 2.30. The summed E-state index contributed by atoms with van der Waals surface area (Å²) in [6, 6.07) is 18.1. The summed E-state index contributed by atoms with van der Waals surface area (Å²) in [5, 5.41) is 0. The van der Waals surface area contributed by atoms with Gasteiger partial charge in [-0.25, -0.2) is 0 Å². The fourth-order valence-electron chi connectivity index (χ4n) is 4.97. The quantitative estimate of drug-likeness (QED) is 0.658. The molecule has 3 aliphatic rings. The Balaban J connectivity index is 1.13. The van der Waals surface area contributed by atoms with E-state index >= 15 is 0 Å². The first-order valence-electron chi connectivity index (χ1n) is 11.8. The van der Waals surface area contributed by atoms with Crippen LogP contribution in [0.2, 0.25) is 0 Å². The average Bonchev–Trinajstić information content (AvgIpc) is 3.27. The largest absolute Gasteiger partial charge is 0.492 e. The standard InChI is InChI=1S/C26H34N2O2S/c1-2-4-21(5-3-1)19-30-25-8-11-27(12-9-25)17-22-6-7-26-23(16-22)18-28(13-14-29-26)24-10-15-31-20-24/h1-7,16,24-25H,8-15,17-20H2/t24-/m1/s1. The van der Waals surface area contributed by atoms with Crippen molar-refractivity contribution in [2.45, 2.75) is 51.1 Å². The maximum absolute atomic E-state index is 6.17. The Hall–Kier alpha value is -1.53. The maximum Gasteiger partial charge on any atom is 0.123 e. The van der Waals surface area contributed by atoms with Gasteiger partial charge in [-0.15, -0.1) is 0 Å². The first kappa shape index (κ1) is 21.3. The van der Waals surface area contributed by atoms with Crippen LogP contribution in [0.3, 0.4) is 0 Å². The van der Waals surface area contributed by atoms with Crippen molar-refractivity contribution in [1.29, 1.82) is 0 Å². The van der Waals surface area contributed by atoms with Crippen LogP contribution in [0.4, 0.5) is 0 Å². The van der Waals surface area contributed by atoms with Crippen molar-refractivity contribution in [3.63, 3.8) is 0 Å². The lowest BCUT2D eigenvalue weighted by atomic mass is 10.0. The second-order valence-corrected chi connectivity index (χ2v) is 10.2. The third-order valence-corrected chi connectivity index (χ3v) is 7.97. The molecule has 31 heavy (non-hydrogen) atoms. The van der Waals surface area contributed by atoms with E-state index in [4.69, 9.17) is 9.47 Å². The lowest BCUT2D eigenvalue weighted by molar-refractivity contribution is -0.00394. The molecule has 0 amide bonds. The molecule has 2 aromatic carbocycles. The molecule has 2 fully saturated rings.